The van der Waals surface area contributed by atoms with E-state index in [1.54, 1.807) is 17.5 Å². The fourth-order valence-electron chi connectivity index (χ4n) is 1.14. The molecular weight excluding hydrogens is 282 g/mol. The van der Waals surface area contributed by atoms with Crippen molar-refractivity contribution in [3.8, 4) is 10.9 Å². The van der Waals surface area contributed by atoms with Crippen LogP contribution in [-0.2, 0) is 9.84 Å². The normalized spacial score (nSPS) is 11.4. The summed E-state index contributed by atoms with van der Waals surface area (Å²) in [6, 6.07) is 6.12. The third-order valence-electron chi connectivity index (χ3n) is 1.91. The van der Waals surface area contributed by atoms with Crippen LogP contribution in [0.5, 0.6) is 10.9 Å². The second-order valence-corrected chi connectivity index (χ2v) is 6.51. The van der Waals surface area contributed by atoms with Gasteiger partial charge in [-0.2, -0.15) is 4.98 Å². The lowest BCUT2D eigenvalue weighted by molar-refractivity contribution is 0.478. The number of sulfone groups is 1. The highest BCUT2D eigenvalue weighted by Gasteiger charge is 2.07. The first kappa shape index (κ1) is 12.3. The van der Waals surface area contributed by atoms with Gasteiger partial charge in [0, 0.05) is 11.6 Å². The van der Waals surface area contributed by atoms with Crippen molar-refractivity contribution in [1.29, 1.82) is 0 Å². The van der Waals surface area contributed by atoms with E-state index in [9.17, 15) is 8.42 Å². The van der Waals surface area contributed by atoms with Crippen LogP contribution in [0.15, 0.2) is 34.5 Å². The van der Waals surface area contributed by atoms with Gasteiger partial charge in [0.1, 0.15) is 10.9 Å². The molecule has 2 rings (SSSR count). The first-order chi connectivity index (χ1) is 7.95. The van der Waals surface area contributed by atoms with Gasteiger partial charge in [0.25, 0.3) is 5.19 Å². The molecule has 2 aromatic rings. The molecule has 0 unspecified atom stereocenters. The third-order valence-corrected chi connectivity index (χ3v) is 4.08. The van der Waals surface area contributed by atoms with Gasteiger partial charge in [0.05, 0.1) is 4.90 Å². The lowest BCUT2D eigenvalue weighted by atomic mass is 10.3. The molecular formula is C10H8ClNO3S2. The maximum atomic E-state index is 11.2. The minimum atomic E-state index is -3.18. The summed E-state index contributed by atoms with van der Waals surface area (Å²) in [5.74, 6) is 0.517. The highest BCUT2D eigenvalue weighted by atomic mass is 35.5. The van der Waals surface area contributed by atoms with Crippen molar-refractivity contribution in [1.82, 2.24) is 4.98 Å². The molecule has 0 N–H and O–H groups in total. The molecule has 7 heteroatoms. The standard InChI is InChI=1S/C10H8ClNO3S2/c1-17(13,14)8-4-2-7(3-5-8)15-10-12-9(11)6-16-10/h2-6H,1H3. The molecule has 1 aromatic carbocycles. The summed E-state index contributed by atoms with van der Waals surface area (Å²) in [5.41, 5.74) is 0. The highest BCUT2D eigenvalue weighted by Crippen LogP contribution is 2.27. The van der Waals surface area contributed by atoms with Crippen LogP contribution < -0.4 is 4.74 Å². The lowest BCUT2D eigenvalue weighted by Gasteiger charge is -2.02. The largest absolute Gasteiger partial charge is 0.431 e. The van der Waals surface area contributed by atoms with Crippen molar-refractivity contribution in [2.45, 2.75) is 4.90 Å². The number of thiazole rings is 1. The van der Waals surface area contributed by atoms with E-state index in [1.165, 1.54) is 23.5 Å². The lowest BCUT2D eigenvalue weighted by Crippen LogP contribution is -1.96. The van der Waals surface area contributed by atoms with Crippen LogP contribution in [0.2, 0.25) is 5.15 Å². The van der Waals surface area contributed by atoms with Gasteiger partial charge in [-0.25, -0.2) is 8.42 Å². The average Bonchev–Trinajstić information content (AvgIpc) is 2.63. The maximum absolute atomic E-state index is 11.2. The van der Waals surface area contributed by atoms with E-state index in [1.807, 2.05) is 0 Å². The Labute approximate surface area is 108 Å². The molecule has 1 heterocycles. The third kappa shape index (κ3) is 3.18. The summed E-state index contributed by atoms with van der Waals surface area (Å²) in [6.45, 7) is 0. The predicted octanol–water partition coefficient (Wildman–Crippen LogP) is 2.99. The molecule has 0 saturated carbocycles. The smallest absolute Gasteiger partial charge is 0.280 e. The number of aromatic nitrogens is 1. The minimum Gasteiger partial charge on any atom is -0.431 e. The summed E-state index contributed by atoms with van der Waals surface area (Å²) in [6.07, 6.45) is 1.16. The fourth-order valence-corrected chi connectivity index (χ4v) is 2.58. The van der Waals surface area contributed by atoms with Gasteiger partial charge in [-0.3, -0.25) is 0 Å². The Morgan fingerprint density at radius 3 is 2.41 bits per heavy atom. The predicted molar refractivity (Wildman–Crippen MR) is 66.7 cm³/mol. The van der Waals surface area contributed by atoms with Crippen LogP contribution in [0, 0.1) is 0 Å². The number of rotatable bonds is 3. The van der Waals surface area contributed by atoms with Crippen molar-refractivity contribution in [3.63, 3.8) is 0 Å². The van der Waals surface area contributed by atoms with Gasteiger partial charge in [0.15, 0.2) is 9.84 Å². The molecule has 0 aliphatic rings. The summed E-state index contributed by atoms with van der Waals surface area (Å²) >= 11 is 6.92. The van der Waals surface area contributed by atoms with Crippen molar-refractivity contribution >= 4 is 32.8 Å². The van der Waals surface area contributed by atoms with Gasteiger partial charge in [-0.1, -0.05) is 22.9 Å². The molecule has 90 valence electrons. The Kier molecular flexibility index (Phi) is 3.37. The quantitative estimate of drug-likeness (QED) is 0.871. The summed E-state index contributed by atoms with van der Waals surface area (Å²) in [5, 5.41) is 2.45. The first-order valence-electron chi connectivity index (χ1n) is 4.54. The molecule has 0 atom stereocenters. The zero-order valence-electron chi connectivity index (χ0n) is 8.75. The van der Waals surface area contributed by atoms with E-state index in [-0.39, 0.29) is 4.90 Å². The first-order valence-corrected chi connectivity index (χ1v) is 7.69. The van der Waals surface area contributed by atoms with E-state index in [0.717, 1.165) is 6.26 Å². The monoisotopic (exact) mass is 289 g/mol. The molecule has 0 amide bonds. The van der Waals surface area contributed by atoms with Gasteiger partial charge in [0.2, 0.25) is 0 Å². The van der Waals surface area contributed by atoms with Crippen LogP contribution in [0.1, 0.15) is 0 Å². The Hall–Kier alpha value is -1.11. The topological polar surface area (TPSA) is 56.3 Å². The van der Waals surface area contributed by atoms with Crippen LogP contribution >= 0.6 is 22.9 Å². The summed E-state index contributed by atoms with van der Waals surface area (Å²) < 4.78 is 27.9. The Morgan fingerprint density at radius 2 is 1.94 bits per heavy atom. The number of halogens is 1. The average molecular weight is 290 g/mol. The molecule has 0 radical (unpaired) electrons. The molecule has 17 heavy (non-hydrogen) atoms. The molecule has 0 saturated heterocycles. The van der Waals surface area contributed by atoms with Crippen LogP contribution in [-0.4, -0.2) is 19.7 Å². The Bertz CT molecular complexity index is 619. The molecule has 0 aliphatic carbocycles. The molecule has 0 bridgehead atoms. The Balaban J connectivity index is 2.19. The second-order valence-electron chi connectivity index (χ2n) is 3.28. The van der Waals surface area contributed by atoms with Crippen LogP contribution in [0.4, 0.5) is 0 Å². The number of nitrogens with zero attached hydrogens (tertiary/aromatic N) is 1. The van der Waals surface area contributed by atoms with Gasteiger partial charge < -0.3 is 4.74 Å². The van der Waals surface area contributed by atoms with E-state index in [0.29, 0.717) is 16.1 Å². The molecule has 0 fully saturated rings. The molecule has 0 spiro atoms. The van der Waals surface area contributed by atoms with E-state index in [2.05, 4.69) is 4.98 Å². The molecule has 1 aromatic heterocycles. The number of benzene rings is 1. The number of ether oxygens (including phenoxy) is 1. The zero-order chi connectivity index (χ0) is 12.5. The van der Waals surface area contributed by atoms with Gasteiger partial charge >= 0.3 is 0 Å². The summed E-state index contributed by atoms with van der Waals surface area (Å²) in [7, 11) is -3.18. The zero-order valence-corrected chi connectivity index (χ0v) is 11.1. The maximum Gasteiger partial charge on any atom is 0.280 e. The minimum absolute atomic E-state index is 0.252. The van der Waals surface area contributed by atoms with Crippen LogP contribution in [0.3, 0.4) is 0 Å². The fraction of sp³-hybridized carbons (Fsp3) is 0.100. The van der Waals surface area contributed by atoms with Crippen molar-refractivity contribution < 1.29 is 13.2 Å². The van der Waals surface area contributed by atoms with Crippen molar-refractivity contribution in [2.75, 3.05) is 6.26 Å². The number of hydrogen-bond acceptors (Lipinski definition) is 5. The summed E-state index contributed by atoms with van der Waals surface area (Å²) in [4.78, 5) is 4.17. The SMILES string of the molecule is CS(=O)(=O)c1ccc(Oc2nc(Cl)cs2)cc1. The Morgan fingerprint density at radius 1 is 1.29 bits per heavy atom. The van der Waals surface area contributed by atoms with Crippen LogP contribution in [0.25, 0.3) is 0 Å². The second kappa shape index (κ2) is 4.64. The van der Waals surface area contributed by atoms with Gasteiger partial charge in [-0.15, -0.1) is 0 Å². The van der Waals surface area contributed by atoms with Gasteiger partial charge in [-0.05, 0) is 24.3 Å². The molecule has 4 nitrogen and oxygen atoms in total. The van der Waals surface area contributed by atoms with Crippen molar-refractivity contribution in [2.24, 2.45) is 0 Å². The van der Waals surface area contributed by atoms with E-state index < -0.39 is 9.84 Å². The number of hydrogen-bond donors (Lipinski definition) is 0. The van der Waals surface area contributed by atoms with Crippen molar-refractivity contribution in [3.05, 3.63) is 34.8 Å². The van der Waals surface area contributed by atoms with E-state index >= 15 is 0 Å². The van der Waals surface area contributed by atoms with E-state index in [4.69, 9.17) is 16.3 Å². The molecule has 0 aliphatic heterocycles. The highest BCUT2D eigenvalue weighted by molar-refractivity contribution is 7.90.